The predicted octanol–water partition coefficient (Wildman–Crippen LogP) is 2.19. The Morgan fingerprint density at radius 1 is 1.50 bits per heavy atom. The molecule has 0 aromatic heterocycles. The fourth-order valence-electron chi connectivity index (χ4n) is 2.25. The standard InChI is InChI=1S/C13H19ClN2O2S2/c1-10-9-19-6-5-16(10)20(17,18)13-7-11(8-15-2)3-4-12(13)14/h3-4,7,10,15H,5-6,8-9H2,1-2H3. The molecule has 4 nitrogen and oxygen atoms in total. The normalized spacial score (nSPS) is 21.1. The summed E-state index contributed by atoms with van der Waals surface area (Å²) in [7, 11) is -1.70. The van der Waals surface area contributed by atoms with Crippen LogP contribution in [0.25, 0.3) is 0 Å². The molecule has 0 spiro atoms. The molecule has 1 aliphatic heterocycles. The zero-order chi connectivity index (χ0) is 14.8. The van der Waals surface area contributed by atoms with Crippen molar-refractivity contribution >= 4 is 33.4 Å². The zero-order valence-electron chi connectivity index (χ0n) is 11.6. The van der Waals surface area contributed by atoms with E-state index in [1.54, 1.807) is 28.2 Å². The number of thioether (sulfide) groups is 1. The molecule has 112 valence electrons. The summed E-state index contributed by atoms with van der Waals surface area (Å²) in [5, 5.41) is 3.30. The summed E-state index contributed by atoms with van der Waals surface area (Å²) in [5.74, 6) is 1.66. The lowest BCUT2D eigenvalue weighted by molar-refractivity contribution is 0.367. The summed E-state index contributed by atoms with van der Waals surface area (Å²) in [6, 6.07) is 5.17. The predicted molar refractivity (Wildman–Crippen MR) is 84.9 cm³/mol. The summed E-state index contributed by atoms with van der Waals surface area (Å²) in [5.41, 5.74) is 0.912. The third-order valence-corrected chi connectivity index (χ3v) is 6.95. The van der Waals surface area contributed by atoms with Gasteiger partial charge in [-0.05, 0) is 31.7 Å². The van der Waals surface area contributed by atoms with Crippen molar-refractivity contribution in [1.82, 2.24) is 9.62 Å². The molecule has 20 heavy (non-hydrogen) atoms. The Labute approximate surface area is 129 Å². The van der Waals surface area contributed by atoms with E-state index in [0.717, 1.165) is 17.1 Å². The first kappa shape index (κ1) is 16.1. The molecule has 1 atom stereocenters. The molecule has 1 aromatic rings. The minimum Gasteiger partial charge on any atom is -0.316 e. The molecule has 7 heteroatoms. The van der Waals surface area contributed by atoms with Gasteiger partial charge in [0.25, 0.3) is 0 Å². The van der Waals surface area contributed by atoms with E-state index in [-0.39, 0.29) is 16.0 Å². The average Bonchev–Trinajstić information content (AvgIpc) is 2.41. The fraction of sp³-hybridized carbons (Fsp3) is 0.538. The van der Waals surface area contributed by atoms with Crippen LogP contribution in [0.1, 0.15) is 12.5 Å². The number of hydrogen-bond acceptors (Lipinski definition) is 4. The molecule has 1 heterocycles. The van der Waals surface area contributed by atoms with E-state index >= 15 is 0 Å². The molecule has 2 rings (SSSR count). The topological polar surface area (TPSA) is 49.4 Å². The molecular formula is C13H19ClN2O2S2. The first-order valence-corrected chi connectivity index (χ1v) is 9.46. The van der Waals surface area contributed by atoms with Gasteiger partial charge in [0.15, 0.2) is 0 Å². The first-order chi connectivity index (χ1) is 9.46. The Morgan fingerprint density at radius 3 is 2.90 bits per heavy atom. The molecule has 0 saturated carbocycles. The summed E-state index contributed by atoms with van der Waals surface area (Å²) >= 11 is 7.90. The number of rotatable bonds is 4. The van der Waals surface area contributed by atoms with Crippen molar-refractivity contribution < 1.29 is 8.42 Å². The molecule has 0 aliphatic carbocycles. The maximum atomic E-state index is 12.8. The van der Waals surface area contributed by atoms with Crippen LogP contribution in [0.3, 0.4) is 0 Å². The Kier molecular flexibility index (Phi) is 5.36. The zero-order valence-corrected chi connectivity index (χ0v) is 14.0. The van der Waals surface area contributed by atoms with E-state index in [2.05, 4.69) is 5.32 Å². The first-order valence-electron chi connectivity index (χ1n) is 6.49. The van der Waals surface area contributed by atoms with Gasteiger partial charge in [-0.15, -0.1) is 0 Å². The van der Waals surface area contributed by atoms with Crippen molar-refractivity contribution in [3.8, 4) is 0 Å². The summed E-state index contributed by atoms with van der Waals surface area (Å²) in [4.78, 5) is 0.214. The maximum Gasteiger partial charge on any atom is 0.244 e. The number of sulfonamides is 1. The molecule has 0 bridgehead atoms. The van der Waals surface area contributed by atoms with Gasteiger partial charge < -0.3 is 5.32 Å². The third-order valence-electron chi connectivity index (χ3n) is 3.27. The van der Waals surface area contributed by atoms with Crippen LogP contribution in [-0.2, 0) is 16.6 Å². The molecule has 1 N–H and O–H groups in total. The lowest BCUT2D eigenvalue weighted by atomic mass is 10.2. The molecule has 0 radical (unpaired) electrons. The highest BCUT2D eigenvalue weighted by molar-refractivity contribution is 7.99. The number of benzene rings is 1. The summed E-state index contributed by atoms with van der Waals surface area (Å²) in [6.45, 7) is 3.10. The van der Waals surface area contributed by atoms with Crippen LogP contribution in [0, 0.1) is 0 Å². The molecule has 1 fully saturated rings. The highest BCUT2D eigenvalue weighted by atomic mass is 35.5. The van der Waals surface area contributed by atoms with Crippen LogP contribution >= 0.6 is 23.4 Å². The van der Waals surface area contributed by atoms with E-state index in [0.29, 0.717) is 13.1 Å². The van der Waals surface area contributed by atoms with Gasteiger partial charge in [0.2, 0.25) is 10.0 Å². The number of nitrogens with one attached hydrogen (secondary N) is 1. The van der Waals surface area contributed by atoms with Gasteiger partial charge >= 0.3 is 0 Å². The van der Waals surface area contributed by atoms with Crippen molar-refractivity contribution in [2.75, 3.05) is 25.1 Å². The Bertz CT molecular complexity index is 578. The second-order valence-electron chi connectivity index (χ2n) is 4.83. The van der Waals surface area contributed by atoms with Crippen LogP contribution in [0.4, 0.5) is 0 Å². The number of nitrogens with zero attached hydrogens (tertiary/aromatic N) is 1. The Balaban J connectivity index is 2.40. The monoisotopic (exact) mass is 334 g/mol. The Hall–Kier alpha value is -0.270. The van der Waals surface area contributed by atoms with E-state index in [9.17, 15) is 8.42 Å². The number of halogens is 1. The molecule has 1 aromatic carbocycles. The minimum absolute atomic E-state index is 0.00257. The second kappa shape index (κ2) is 6.66. The molecular weight excluding hydrogens is 316 g/mol. The van der Waals surface area contributed by atoms with Crippen LogP contribution in [-0.4, -0.2) is 43.9 Å². The highest BCUT2D eigenvalue weighted by Crippen LogP contribution is 2.29. The van der Waals surface area contributed by atoms with Crippen molar-refractivity contribution in [2.45, 2.75) is 24.4 Å². The van der Waals surface area contributed by atoms with Crippen molar-refractivity contribution in [1.29, 1.82) is 0 Å². The smallest absolute Gasteiger partial charge is 0.244 e. The van der Waals surface area contributed by atoms with Gasteiger partial charge in [-0.1, -0.05) is 17.7 Å². The summed E-state index contributed by atoms with van der Waals surface area (Å²) in [6.07, 6.45) is 0. The van der Waals surface area contributed by atoms with E-state index in [4.69, 9.17) is 11.6 Å². The van der Waals surface area contributed by atoms with Crippen molar-refractivity contribution in [2.24, 2.45) is 0 Å². The largest absolute Gasteiger partial charge is 0.316 e. The van der Waals surface area contributed by atoms with Gasteiger partial charge in [-0.3, -0.25) is 0 Å². The molecule has 0 amide bonds. The van der Waals surface area contributed by atoms with Crippen LogP contribution in [0.5, 0.6) is 0 Å². The fourth-order valence-corrected chi connectivity index (χ4v) is 5.64. The van der Waals surface area contributed by atoms with E-state index < -0.39 is 10.0 Å². The Morgan fingerprint density at radius 2 is 2.25 bits per heavy atom. The van der Waals surface area contributed by atoms with Crippen molar-refractivity contribution in [3.05, 3.63) is 28.8 Å². The molecule has 1 unspecified atom stereocenters. The third kappa shape index (κ3) is 3.31. The van der Waals surface area contributed by atoms with E-state index in [1.165, 1.54) is 0 Å². The SMILES string of the molecule is CNCc1ccc(Cl)c(S(=O)(=O)N2CCSCC2C)c1. The quantitative estimate of drug-likeness (QED) is 0.917. The van der Waals surface area contributed by atoms with Crippen LogP contribution in [0.15, 0.2) is 23.1 Å². The van der Waals surface area contributed by atoms with Crippen LogP contribution in [0.2, 0.25) is 5.02 Å². The van der Waals surface area contributed by atoms with Gasteiger partial charge in [0, 0.05) is 30.6 Å². The second-order valence-corrected chi connectivity index (χ2v) is 8.25. The van der Waals surface area contributed by atoms with Crippen molar-refractivity contribution in [3.63, 3.8) is 0 Å². The highest BCUT2D eigenvalue weighted by Gasteiger charge is 2.32. The van der Waals surface area contributed by atoms with Gasteiger partial charge in [0.1, 0.15) is 4.90 Å². The number of hydrogen-bond donors (Lipinski definition) is 1. The maximum absolute atomic E-state index is 12.8. The lowest BCUT2D eigenvalue weighted by Gasteiger charge is -2.32. The lowest BCUT2D eigenvalue weighted by Crippen LogP contribution is -2.44. The summed E-state index contributed by atoms with van der Waals surface area (Å²) < 4.78 is 27.1. The van der Waals surface area contributed by atoms with Gasteiger partial charge in [0.05, 0.1) is 5.02 Å². The van der Waals surface area contributed by atoms with Gasteiger partial charge in [-0.2, -0.15) is 16.1 Å². The van der Waals surface area contributed by atoms with Gasteiger partial charge in [-0.25, -0.2) is 8.42 Å². The average molecular weight is 335 g/mol. The van der Waals surface area contributed by atoms with E-state index in [1.807, 2.05) is 20.0 Å². The molecule has 1 saturated heterocycles. The van der Waals surface area contributed by atoms with Crippen LogP contribution < -0.4 is 5.32 Å². The molecule has 1 aliphatic rings. The minimum atomic E-state index is -3.52.